The molecule has 88 valence electrons. The highest BCUT2D eigenvalue weighted by Gasteiger charge is 2.22. The molecule has 3 N–H and O–H groups in total. The summed E-state index contributed by atoms with van der Waals surface area (Å²) < 4.78 is 0. The van der Waals surface area contributed by atoms with Gasteiger partial charge in [-0.25, -0.2) is 4.98 Å². The number of amides is 1. The molecular weight excluding hydrogens is 230 g/mol. The van der Waals surface area contributed by atoms with E-state index in [4.69, 9.17) is 0 Å². The number of anilines is 1. The summed E-state index contributed by atoms with van der Waals surface area (Å²) in [5, 5.41) is 15.1. The summed E-state index contributed by atoms with van der Waals surface area (Å²) in [7, 11) is 0. The first-order valence-electron chi connectivity index (χ1n) is 4.95. The number of hydrogen-bond donors (Lipinski definition) is 3. The summed E-state index contributed by atoms with van der Waals surface area (Å²) in [4.78, 5) is 15.5. The molecule has 2 heterocycles. The van der Waals surface area contributed by atoms with Gasteiger partial charge in [0.15, 0.2) is 11.6 Å². The van der Waals surface area contributed by atoms with E-state index < -0.39 is 0 Å². The van der Waals surface area contributed by atoms with Gasteiger partial charge in [-0.3, -0.25) is 4.79 Å². The number of aromatic hydroxyl groups is 1. The second kappa shape index (κ2) is 5.67. The number of pyridine rings is 1. The van der Waals surface area contributed by atoms with Gasteiger partial charge in [-0.15, -0.1) is 12.4 Å². The first-order chi connectivity index (χ1) is 7.27. The van der Waals surface area contributed by atoms with Gasteiger partial charge in [0.2, 0.25) is 5.91 Å². The molecule has 1 aliphatic heterocycles. The van der Waals surface area contributed by atoms with Crippen molar-refractivity contribution in [3.05, 3.63) is 18.3 Å². The van der Waals surface area contributed by atoms with Gasteiger partial charge >= 0.3 is 0 Å². The van der Waals surface area contributed by atoms with Crippen molar-refractivity contribution in [3.63, 3.8) is 0 Å². The van der Waals surface area contributed by atoms with E-state index in [1.807, 2.05) is 0 Å². The summed E-state index contributed by atoms with van der Waals surface area (Å²) in [6.07, 6.45) is 3.36. The van der Waals surface area contributed by atoms with Gasteiger partial charge in [0.1, 0.15) is 0 Å². The average Bonchev–Trinajstić information content (AvgIpc) is 2.74. The Morgan fingerprint density at radius 1 is 1.62 bits per heavy atom. The molecule has 16 heavy (non-hydrogen) atoms. The molecule has 1 aliphatic rings. The van der Waals surface area contributed by atoms with Crippen molar-refractivity contribution in [3.8, 4) is 5.75 Å². The summed E-state index contributed by atoms with van der Waals surface area (Å²) in [5.41, 5.74) is 0. The van der Waals surface area contributed by atoms with E-state index in [-0.39, 0.29) is 35.9 Å². The number of nitrogens with one attached hydrogen (secondary N) is 2. The van der Waals surface area contributed by atoms with E-state index in [2.05, 4.69) is 15.6 Å². The lowest BCUT2D eigenvalue weighted by Crippen LogP contribution is -2.35. The number of nitrogens with zero attached hydrogens (tertiary/aromatic N) is 1. The van der Waals surface area contributed by atoms with Gasteiger partial charge in [-0.2, -0.15) is 0 Å². The van der Waals surface area contributed by atoms with Crippen LogP contribution in [0.3, 0.4) is 0 Å². The molecule has 0 aliphatic carbocycles. The van der Waals surface area contributed by atoms with Crippen molar-refractivity contribution in [2.24, 2.45) is 0 Å². The quantitative estimate of drug-likeness (QED) is 0.722. The molecular formula is C10H14ClN3O2. The molecule has 5 nitrogen and oxygen atoms in total. The summed E-state index contributed by atoms with van der Waals surface area (Å²) in [5.74, 6) is 0.0709. The predicted octanol–water partition coefficient (Wildman–Crippen LogP) is 0.899. The fourth-order valence-corrected chi connectivity index (χ4v) is 1.61. The Hall–Kier alpha value is -1.33. The minimum atomic E-state index is -0.161. The number of carbonyl (C=O) groups is 1. The second-order valence-electron chi connectivity index (χ2n) is 3.51. The van der Waals surface area contributed by atoms with Crippen molar-refractivity contribution in [1.82, 2.24) is 10.3 Å². The van der Waals surface area contributed by atoms with Gasteiger partial charge in [0.25, 0.3) is 0 Å². The molecule has 6 heteroatoms. The van der Waals surface area contributed by atoms with E-state index in [9.17, 15) is 9.90 Å². The highest BCUT2D eigenvalue weighted by atomic mass is 35.5. The number of halogens is 1. The van der Waals surface area contributed by atoms with Crippen LogP contribution in [0.4, 0.5) is 5.82 Å². The van der Waals surface area contributed by atoms with Gasteiger partial charge in [-0.1, -0.05) is 0 Å². The standard InChI is InChI=1S/C10H13N3O2.ClH/c14-8-4-2-6-12-9(8)13-10(15)7-3-1-5-11-7;/h2,4,6-7,11,14H,1,3,5H2,(H,12,13,15);1H/t7-;/m0./s1. The van der Waals surface area contributed by atoms with Crippen LogP contribution < -0.4 is 10.6 Å². The largest absolute Gasteiger partial charge is 0.504 e. The van der Waals surface area contributed by atoms with Crippen LogP contribution in [0.5, 0.6) is 5.75 Å². The van der Waals surface area contributed by atoms with Gasteiger partial charge in [0.05, 0.1) is 6.04 Å². The van der Waals surface area contributed by atoms with Crippen molar-refractivity contribution in [1.29, 1.82) is 0 Å². The van der Waals surface area contributed by atoms with Crippen molar-refractivity contribution < 1.29 is 9.90 Å². The van der Waals surface area contributed by atoms with Crippen LogP contribution in [0.25, 0.3) is 0 Å². The Morgan fingerprint density at radius 2 is 2.44 bits per heavy atom. The third kappa shape index (κ3) is 2.84. The van der Waals surface area contributed by atoms with E-state index in [0.29, 0.717) is 0 Å². The lowest BCUT2D eigenvalue weighted by Gasteiger charge is -2.10. The van der Waals surface area contributed by atoms with Gasteiger partial charge in [-0.05, 0) is 31.5 Å². The van der Waals surface area contributed by atoms with Crippen molar-refractivity contribution >= 4 is 24.1 Å². The van der Waals surface area contributed by atoms with Crippen LogP contribution in [0.15, 0.2) is 18.3 Å². The zero-order chi connectivity index (χ0) is 10.7. The summed E-state index contributed by atoms with van der Waals surface area (Å²) in [6.45, 7) is 0.867. The minimum absolute atomic E-state index is 0. The number of rotatable bonds is 2. The highest BCUT2D eigenvalue weighted by molar-refractivity contribution is 5.95. The maximum absolute atomic E-state index is 11.6. The number of hydrogen-bond acceptors (Lipinski definition) is 4. The third-order valence-electron chi connectivity index (χ3n) is 2.40. The van der Waals surface area contributed by atoms with E-state index >= 15 is 0 Å². The minimum Gasteiger partial charge on any atom is -0.504 e. The Labute approximate surface area is 99.7 Å². The van der Waals surface area contributed by atoms with Crippen LogP contribution in [0.1, 0.15) is 12.8 Å². The Bertz CT molecular complexity index is 367. The summed E-state index contributed by atoms with van der Waals surface area (Å²) in [6, 6.07) is 2.94. The van der Waals surface area contributed by atoms with Crippen LogP contribution in [-0.2, 0) is 4.79 Å². The SMILES string of the molecule is Cl.O=C(Nc1ncccc1O)[C@@H]1CCCN1. The number of carbonyl (C=O) groups excluding carboxylic acids is 1. The molecule has 1 fully saturated rings. The maximum Gasteiger partial charge on any atom is 0.242 e. The van der Waals surface area contributed by atoms with Crippen molar-refractivity contribution in [2.75, 3.05) is 11.9 Å². The van der Waals surface area contributed by atoms with Crippen LogP contribution in [0.2, 0.25) is 0 Å². The van der Waals surface area contributed by atoms with Crippen LogP contribution >= 0.6 is 12.4 Å². The molecule has 2 rings (SSSR count). The Balaban J connectivity index is 0.00000128. The molecule has 0 bridgehead atoms. The fourth-order valence-electron chi connectivity index (χ4n) is 1.61. The average molecular weight is 244 g/mol. The molecule has 1 saturated heterocycles. The molecule has 0 spiro atoms. The molecule has 0 aromatic carbocycles. The van der Waals surface area contributed by atoms with E-state index in [0.717, 1.165) is 19.4 Å². The first kappa shape index (κ1) is 12.7. The summed E-state index contributed by atoms with van der Waals surface area (Å²) >= 11 is 0. The second-order valence-corrected chi connectivity index (χ2v) is 3.51. The van der Waals surface area contributed by atoms with Crippen LogP contribution in [-0.4, -0.2) is 28.6 Å². The highest BCUT2D eigenvalue weighted by Crippen LogP contribution is 2.19. The first-order valence-corrected chi connectivity index (χ1v) is 4.95. The third-order valence-corrected chi connectivity index (χ3v) is 2.40. The van der Waals surface area contributed by atoms with Gasteiger partial charge in [0, 0.05) is 6.20 Å². The molecule has 0 unspecified atom stereocenters. The zero-order valence-electron chi connectivity index (χ0n) is 8.64. The smallest absolute Gasteiger partial charge is 0.242 e. The molecule has 0 radical (unpaired) electrons. The molecule has 0 saturated carbocycles. The number of aromatic nitrogens is 1. The molecule has 1 atom stereocenters. The molecule has 1 aromatic heterocycles. The maximum atomic E-state index is 11.6. The normalized spacial score (nSPS) is 18.9. The molecule has 1 aromatic rings. The van der Waals surface area contributed by atoms with Crippen molar-refractivity contribution in [2.45, 2.75) is 18.9 Å². The van der Waals surface area contributed by atoms with E-state index in [1.165, 1.54) is 12.3 Å². The lowest BCUT2D eigenvalue weighted by molar-refractivity contribution is -0.117. The fraction of sp³-hybridized carbons (Fsp3) is 0.400. The predicted molar refractivity (Wildman–Crippen MR) is 62.8 cm³/mol. The molecule has 1 amide bonds. The van der Waals surface area contributed by atoms with Gasteiger partial charge < -0.3 is 15.7 Å². The topological polar surface area (TPSA) is 74.2 Å². The Morgan fingerprint density at radius 3 is 3.06 bits per heavy atom. The monoisotopic (exact) mass is 243 g/mol. The Kier molecular flexibility index (Phi) is 4.52. The van der Waals surface area contributed by atoms with E-state index in [1.54, 1.807) is 6.07 Å². The lowest BCUT2D eigenvalue weighted by atomic mass is 10.2. The zero-order valence-corrected chi connectivity index (χ0v) is 9.46. The van der Waals surface area contributed by atoms with Crippen LogP contribution in [0, 0.1) is 0 Å².